The number of hydrogen-bond donors (Lipinski definition) is 1. The average molecular weight is 269 g/mol. The van der Waals surface area contributed by atoms with Crippen LogP contribution in [0.4, 0.5) is 5.82 Å². The predicted octanol–water partition coefficient (Wildman–Crippen LogP) is 3.94. The summed E-state index contributed by atoms with van der Waals surface area (Å²) < 4.78 is 2.09. The number of anilines is 1. The van der Waals surface area contributed by atoms with Gasteiger partial charge in [0.05, 0.1) is 0 Å². The zero-order chi connectivity index (χ0) is 14.3. The summed E-state index contributed by atoms with van der Waals surface area (Å²) in [7, 11) is 2.04. The van der Waals surface area contributed by atoms with Gasteiger partial charge < -0.3 is 10.3 Å². The van der Waals surface area contributed by atoms with Crippen LogP contribution in [0.5, 0.6) is 0 Å². The number of imidazole rings is 1. The second kappa shape index (κ2) is 4.97. The lowest BCUT2D eigenvalue weighted by Crippen LogP contribution is -2.05. The number of aryl methyl sites for hydroxylation is 2. The Kier molecular flexibility index (Phi) is 3.28. The van der Waals surface area contributed by atoms with E-state index in [0.717, 1.165) is 22.9 Å². The molecular weight excluding hydrogens is 246 g/mol. The van der Waals surface area contributed by atoms with Gasteiger partial charge in [0.1, 0.15) is 17.3 Å². The Morgan fingerprint density at radius 3 is 2.30 bits per heavy atom. The number of nitrogen functional groups attached to an aromatic ring is 1. The van der Waals surface area contributed by atoms with Crippen LogP contribution in [0.2, 0.25) is 0 Å². The number of hydrogen-bond acceptors (Lipinski definition) is 2. The minimum atomic E-state index is 0.585. The van der Waals surface area contributed by atoms with Gasteiger partial charge in [0.15, 0.2) is 0 Å². The molecule has 0 bridgehead atoms. The van der Waals surface area contributed by atoms with E-state index >= 15 is 0 Å². The fourth-order valence-corrected chi connectivity index (χ4v) is 3.40. The first-order chi connectivity index (χ1) is 9.56. The topological polar surface area (TPSA) is 43.8 Å². The maximum absolute atomic E-state index is 6.30. The van der Waals surface area contributed by atoms with Crippen molar-refractivity contribution < 1.29 is 0 Å². The first-order valence-electron chi connectivity index (χ1n) is 7.47. The number of benzene rings is 1. The Balaban J connectivity index is 2.07. The molecule has 20 heavy (non-hydrogen) atoms. The summed E-state index contributed by atoms with van der Waals surface area (Å²) in [6.45, 7) is 4.24. The lowest BCUT2D eigenvalue weighted by atomic mass is 10.1. The first kappa shape index (κ1) is 13.2. The van der Waals surface area contributed by atoms with Gasteiger partial charge in [-0.25, -0.2) is 4.98 Å². The summed E-state index contributed by atoms with van der Waals surface area (Å²) in [5.41, 5.74) is 10.9. The van der Waals surface area contributed by atoms with Crippen LogP contribution < -0.4 is 5.73 Å². The minimum Gasteiger partial charge on any atom is -0.383 e. The van der Waals surface area contributed by atoms with Gasteiger partial charge >= 0.3 is 0 Å². The molecular formula is C17H23N3. The molecule has 0 unspecified atom stereocenters. The molecule has 3 heteroatoms. The smallest absolute Gasteiger partial charge is 0.131 e. The van der Waals surface area contributed by atoms with Crippen LogP contribution in [0.1, 0.15) is 48.6 Å². The second-order valence-electron chi connectivity index (χ2n) is 6.12. The van der Waals surface area contributed by atoms with Crippen LogP contribution in [0.25, 0.3) is 11.3 Å². The molecule has 0 radical (unpaired) electrons. The molecule has 2 aromatic rings. The monoisotopic (exact) mass is 269 g/mol. The van der Waals surface area contributed by atoms with Gasteiger partial charge in [0.2, 0.25) is 0 Å². The van der Waals surface area contributed by atoms with Crippen molar-refractivity contribution in [3.8, 4) is 11.3 Å². The van der Waals surface area contributed by atoms with Crippen LogP contribution in [-0.2, 0) is 7.05 Å². The van der Waals surface area contributed by atoms with Crippen molar-refractivity contribution in [2.24, 2.45) is 7.05 Å². The van der Waals surface area contributed by atoms with Crippen molar-refractivity contribution in [2.45, 2.75) is 45.4 Å². The van der Waals surface area contributed by atoms with Crippen molar-refractivity contribution in [1.29, 1.82) is 0 Å². The van der Waals surface area contributed by atoms with Crippen LogP contribution in [-0.4, -0.2) is 9.55 Å². The summed E-state index contributed by atoms with van der Waals surface area (Å²) in [4.78, 5) is 4.88. The molecule has 3 nitrogen and oxygen atoms in total. The molecule has 1 fully saturated rings. The molecule has 0 saturated heterocycles. The highest BCUT2D eigenvalue weighted by Gasteiger charge is 2.24. The van der Waals surface area contributed by atoms with E-state index in [4.69, 9.17) is 10.7 Å². The molecule has 1 aromatic carbocycles. The van der Waals surface area contributed by atoms with Crippen LogP contribution in [0.3, 0.4) is 0 Å². The van der Waals surface area contributed by atoms with Gasteiger partial charge in [-0.15, -0.1) is 0 Å². The number of nitrogens with two attached hydrogens (primary N) is 1. The van der Waals surface area contributed by atoms with Crippen molar-refractivity contribution in [3.63, 3.8) is 0 Å². The van der Waals surface area contributed by atoms with Gasteiger partial charge in [-0.1, -0.05) is 30.0 Å². The van der Waals surface area contributed by atoms with E-state index in [9.17, 15) is 0 Å². The lowest BCUT2D eigenvalue weighted by Gasteiger charge is -2.08. The SMILES string of the molecule is Cc1cc(C)cc(-c2nc(C3CCCC3)n(C)c2N)c1. The Bertz CT molecular complexity index is 614. The summed E-state index contributed by atoms with van der Waals surface area (Å²) in [6.07, 6.45) is 5.12. The van der Waals surface area contributed by atoms with E-state index in [-0.39, 0.29) is 0 Å². The average Bonchev–Trinajstić information content (AvgIpc) is 2.99. The van der Waals surface area contributed by atoms with Gasteiger partial charge in [0.25, 0.3) is 0 Å². The quantitative estimate of drug-likeness (QED) is 0.897. The Morgan fingerprint density at radius 1 is 1.10 bits per heavy atom. The largest absolute Gasteiger partial charge is 0.383 e. The molecule has 0 amide bonds. The van der Waals surface area contributed by atoms with Crippen molar-refractivity contribution in [1.82, 2.24) is 9.55 Å². The summed E-state index contributed by atoms with van der Waals surface area (Å²) in [5.74, 6) is 2.54. The minimum absolute atomic E-state index is 0.585. The molecule has 1 heterocycles. The molecule has 1 aliphatic rings. The molecule has 1 saturated carbocycles. The standard InChI is InChI=1S/C17H23N3/c1-11-8-12(2)10-14(9-11)15-16(18)20(3)17(19-15)13-6-4-5-7-13/h8-10,13H,4-7,18H2,1-3H3. The fraction of sp³-hybridized carbons (Fsp3) is 0.471. The highest BCUT2D eigenvalue weighted by atomic mass is 15.1. The number of aromatic nitrogens is 2. The van der Waals surface area contributed by atoms with Crippen LogP contribution >= 0.6 is 0 Å². The highest BCUT2D eigenvalue weighted by Crippen LogP contribution is 2.37. The lowest BCUT2D eigenvalue weighted by molar-refractivity contribution is 0.635. The normalized spacial score (nSPS) is 15.9. The second-order valence-corrected chi connectivity index (χ2v) is 6.12. The third kappa shape index (κ3) is 2.21. The zero-order valence-corrected chi connectivity index (χ0v) is 12.6. The molecule has 106 valence electrons. The third-order valence-electron chi connectivity index (χ3n) is 4.39. The van der Waals surface area contributed by atoms with Gasteiger partial charge in [-0.3, -0.25) is 0 Å². The molecule has 1 aromatic heterocycles. The summed E-state index contributed by atoms with van der Waals surface area (Å²) >= 11 is 0. The molecule has 0 atom stereocenters. The first-order valence-corrected chi connectivity index (χ1v) is 7.47. The van der Waals surface area contributed by atoms with Gasteiger partial charge in [-0.2, -0.15) is 0 Å². The number of rotatable bonds is 2. The summed E-state index contributed by atoms with van der Waals surface area (Å²) in [5, 5.41) is 0. The maximum Gasteiger partial charge on any atom is 0.131 e. The van der Waals surface area contributed by atoms with Crippen LogP contribution in [0, 0.1) is 13.8 Å². The Hall–Kier alpha value is -1.77. The predicted molar refractivity (Wildman–Crippen MR) is 83.7 cm³/mol. The molecule has 0 spiro atoms. The van der Waals surface area contributed by atoms with Crippen molar-refractivity contribution in [2.75, 3.05) is 5.73 Å². The van der Waals surface area contributed by atoms with E-state index in [1.54, 1.807) is 0 Å². The zero-order valence-electron chi connectivity index (χ0n) is 12.6. The van der Waals surface area contributed by atoms with E-state index in [0.29, 0.717) is 5.92 Å². The van der Waals surface area contributed by atoms with E-state index < -0.39 is 0 Å². The van der Waals surface area contributed by atoms with Crippen molar-refractivity contribution in [3.05, 3.63) is 35.2 Å². The molecule has 0 aliphatic heterocycles. The molecule has 1 aliphatic carbocycles. The Morgan fingerprint density at radius 2 is 1.70 bits per heavy atom. The summed E-state index contributed by atoms with van der Waals surface area (Å²) in [6, 6.07) is 6.52. The molecule has 3 rings (SSSR count). The van der Waals surface area contributed by atoms with Crippen LogP contribution in [0.15, 0.2) is 18.2 Å². The van der Waals surface area contributed by atoms with Gasteiger partial charge in [-0.05, 0) is 38.8 Å². The Labute approximate surface area is 120 Å². The van der Waals surface area contributed by atoms with E-state index in [1.165, 1.54) is 36.8 Å². The van der Waals surface area contributed by atoms with Gasteiger partial charge in [0, 0.05) is 18.5 Å². The van der Waals surface area contributed by atoms with E-state index in [1.807, 2.05) is 7.05 Å². The fourth-order valence-electron chi connectivity index (χ4n) is 3.40. The number of nitrogens with zero attached hydrogens (tertiary/aromatic N) is 2. The molecule has 2 N–H and O–H groups in total. The highest BCUT2D eigenvalue weighted by molar-refractivity contribution is 5.72. The van der Waals surface area contributed by atoms with Crippen molar-refractivity contribution >= 4 is 5.82 Å². The van der Waals surface area contributed by atoms with E-state index in [2.05, 4.69) is 36.6 Å². The maximum atomic E-state index is 6.30. The third-order valence-corrected chi connectivity index (χ3v) is 4.39.